The van der Waals surface area contributed by atoms with Crippen molar-refractivity contribution in [3.63, 3.8) is 0 Å². The van der Waals surface area contributed by atoms with Crippen molar-refractivity contribution < 1.29 is 0 Å². The van der Waals surface area contributed by atoms with Gasteiger partial charge in [-0.3, -0.25) is 0 Å². The lowest BCUT2D eigenvalue weighted by molar-refractivity contribution is 0.896. The third-order valence-electron chi connectivity index (χ3n) is 2.15. The molecule has 0 saturated heterocycles. The summed E-state index contributed by atoms with van der Waals surface area (Å²) >= 11 is 6.93. The van der Waals surface area contributed by atoms with E-state index < -0.39 is 0 Å². The maximum Gasteiger partial charge on any atom is 0.221 e. The van der Waals surface area contributed by atoms with Gasteiger partial charge in [-0.2, -0.15) is 5.10 Å². The zero-order chi connectivity index (χ0) is 12.4. The fraction of sp³-hybridized carbons (Fsp3) is 0.0909. The number of anilines is 1. The van der Waals surface area contributed by atoms with Crippen LogP contribution in [0, 0.1) is 6.92 Å². The van der Waals surface area contributed by atoms with Gasteiger partial charge in [0.15, 0.2) is 0 Å². The van der Waals surface area contributed by atoms with Crippen molar-refractivity contribution in [2.45, 2.75) is 6.92 Å². The summed E-state index contributed by atoms with van der Waals surface area (Å²) in [7, 11) is 0. The molecule has 6 heteroatoms. The molecule has 0 aliphatic heterocycles. The van der Waals surface area contributed by atoms with Gasteiger partial charge in [0.1, 0.15) is 0 Å². The fourth-order valence-electron chi connectivity index (χ4n) is 1.35. The minimum absolute atomic E-state index is 0.377. The summed E-state index contributed by atoms with van der Waals surface area (Å²) in [4.78, 5) is 4.07. The summed E-state index contributed by atoms with van der Waals surface area (Å²) in [6.07, 6.45) is 3.50. The average Bonchev–Trinajstić information content (AvgIpc) is 2.57. The molecule has 1 aromatic carbocycles. The fourth-order valence-corrected chi connectivity index (χ4v) is 2.55. The molecular formula is C11H10Br2N4. The number of nitrogen functional groups attached to an aromatic ring is 1. The van der Waals surface area contributed by atoms with Crippen molar-refractivity contribution >= 4 is 44.0 Å². The highest BCUT2D eigenvalue weighted by Gasteiger charge is 2.02. The Labute approximate surface area is 116 Å². The Bertz CT molecular complexity index is 555. The van der Waals surface area contributed by atoms with Crippen LogP contribution in [0.25, 0.3) is 0 Å². The Morgan fingerprint density at radius 3 is 2.53 bits per heavy atom. The number of imidazole rings is 1. The molecule has 2 N–H and O–H groups in total. The lowest BCUT2D eigenvalue weighted by atomic mass is 10.2. The van der Waals surface area contributed by atoms with Gasteiger partial charge in [0, 0.05) is 14.5 Å². The van der Waals surface area contributed by atoms with E-state index in [4.69, 9.17) is 5.73 Å². The molecule has 0 radical (unpaired) electrons. The number of nitrogens with two attached hydrogens (primary N) is 1. The molecule has 4 nitrogen and oxygen atoms in total. The summed E-state index contributed by atoms with van der Waals surface area (Å²) < 4.78 is 3.47. The Hall–Kier alpha value is -1.14. The molecule has 2 rings (SSSR count). The van der Waals surface area contributed by atoms with E-state index in [2.05, 4.69) is 41.9 Å². The number of benzene rings is 1. The molecule has 0 unspecified atom stereocenters. The van der Waals surface area contributed by atoms with Crippen molar-refractivity contribution in [2.75, 3.05) is 5.73 Å². The second kappa shape index (κ2) is 5.01. The number of hydrogen-bond donors (Lipinski definition) is 1. The molecule has 1 aromatic heterocycles. The van der Waals surface area contributed by atoms with Gasteiger partial charge < -0.3 is 5.73 Å². The molecule has 0 aliphatic carbocycles. The number of hydrogen-bond acceptors (Lipinski definition) is 3. The van der Waals surface area contributed by atoms with Crippen LogP contribution in [-0.2, 0) is 0 Å². The third-order valence-corrected chi connectivity index (χ3v) is 3.53. The van der Waals surface area contributed by atoms with Crippen LogP contribution in [0.5, 0.6) is 0 Å². The van der Waals surface area contributed by atoms with Crippen molar-refractivity contribution in [1.29, 1.82) is 0 Å². The standard InChI is InChI=1S/C11H10Br2N4/c1-7-6-17(11(14)16-7)15-5-8-9(12)3-2-4-10(8)13/h2-6H,1H3,(H2,14,16). The molecule has 2 aromatic rings. The number of aryl methyl sites for hydroxylation is 1. The van der Waals surface area contributed by atoms with Crippen molar-refractivity contribution in [3.05, 3.63) is 44.6 Å². The molecule has 0 saturated carbocycles. The summed E-state index contributed by atoms with van der Waals surface area (Å²) in [5.41, 5.74) is 7.49. The van der Waals surface area contributed by atoms with E-state index in [0.29, 0.717) is 5.95 Å². The van der Waals surface area contributed by atoms with Gasteiger partial charge in [0.2, 0.25) is 5.95 Å². The van der Waals surface area contributed by atoms with Gasteiger partial charge in [-0.15, -0.1) is 0 Å². The molecule has 1 heterocycles. The van der Waals surface area contributed by atoms with Crippen LogP contribution in [0.2, 0.25) is 0 Å². The van der Waals surface area contributed by atoms with Gasteiger partial charge in [0.05, 0.1) is 18.1 Å². The molecule has 0 atom stereocenters. The first-order chi connectivity index (χ1) is 8.08. The van der Waals surface area contributed by atoms with Crippen LogP contribution in [0.1, 0.15) is 11.3 Å². The zero-order valence-corrected chi connectivity index (χ0v) is 12.2. The summed E-state index contributed by atoms with van der Waals surface area (Å²) in [5.74, 6) is 0.377. The molecule has 0 amide bonds. The van der Waals surface area contributed by atoms with E-state index >= 15 is 0 Å². The predicted octanol–water partition coefficient (Wildman–Crippen LogP) is 3.18. The van der Waals surface area contributed by atoms with Gasteiger partial charge in [-0.05, 0) is 19.1 Å². The zero-order valence-electron chi connectivity index (χ0n) is 9.06. The van der Waals surface area contributed by atoms with E-state index in [1.165, 1.54) is 0 Å². The molecule has 0 spiro atoms. The Morgan fingerprint density at radius 2 is 2.00 bits per heavy atom. The normalized spacial score (nSPS) is 11.2. The maximum absolute atomic E-state index is 5.70. The van der Waals surface area contributed by atoms with Crippen LogP contribution >= 0.6 is 31.9 Å². The lowest BCUT2D eigenvalue weighted by Gasteiger charge is -2.01. The van der Waals surface area contributed by atoms with Crippen molar-refractivity contribution in [1.82, 2.24) is 9.66 Å². The number of rotatable bonds is 2. The van der Waals surface area contributed by atoms with Crippen LogP contribution in [0.15, 0.2) is 38.4 Å². The molecule has 0 aliphatic rings. The highest BCUT2D eigenvalue weighted by Crippen LogP contribution is 2.23. The van der Waals surface area contributed by atoms with E-state index in [0.717, 1.165) is 20.2 Å². The van der Waals surface area contributed by atoms with Crippen LogP contribution in [0.3, 0.4) is 0 Å². The smallest absolute Gasteiger partial charge is 0.221 e. The Morgan fingerprint density at radius 1 is 1.35 bits per heavy atom. The van der Waals surface area contributed by atoms with E-state index in [1.54, 1.807) is 17.1 Å². The van der Waals surface area contributed by atoms with Gasteiger partial charge in [-0.1, -0.05) is 37.9 Å². The molecular weight excluding hydrogens is 348 g/mol. The Balaban J connectivity index is 2.35. The highest BCUT2D eigenvalue weighted by molar-refractivity contribution is 9.11. The lowest BCUT2D eigenvalue weighted by Crippen LogP contribution is -1.97. The second-order valence-corrected chi connectivity index (χ2v) is 5.17. The minimum Gasteiger partial charge on any atom is -0.368 e. The van der Waals surface area contributed by atoms with Crippen molar-refractivity contribution in [2.24, 2.45) is 5.10 Å². The molecule has 88 valence electrons. The number of halogens is 2. The highest BCUT2D eigenvalue weighted by atomic mass is 79.9. The van der Waals surface area contributed by atoms with Gasteiger partial charge >= 0.3 is 0 Å². The van der Waals surface area contributed by atoms with Gasteiger partial charge in [0.25, 0.3) is 0 Å². The monoisotopic (exact) mass is 356 g/mol. The largest absolute Gasteiger partial charge is 0.368 e. The van der Waals surface area contributed by atoms with Crippen LogP contribution in [-0.4, -0.2) is 15.9 Å². The second-order valence-electron chi connectivity index (χ2n) is 3.46. The number of nitrogens with zero attached hydrogens (tertiary/aromatic N) is 3. The number of aromatic nitrogens is 2. The van der Waals surface area contributed by atoms with Crippen LogP contribution in [0.4, 0.5) is 5.95 Å². The summed E-state index contributed by atoms with van der Waals surface area (Å²) in [5, 5.41) is 4.26. The topological polar surface area (TPSA) is 56.2 Å². The first-order valence-corrected chi connectivity index (χ1v) is 6.46. The Kier molecular flexibility index (Phi) is 3.63. The average molecular weight is 358 g/mol. The molecule has 0 fully saturated rings. The van der Waals surface area contributed by atoms with E-state index in [-0.39, 0.29) is 0 Å². The minimum atomic E-state index is 0.377. The maximum atomic E-state index is 5.70. The third kappa shape index (κ3) is 2.76. The van der Waals surface area contributed by atoms with Crippen molar-refractivity contribution in [3.8, 4) is 0 Å². The summed E-state index contributed by atoms with van der Waals surface area (Å²) in [6, 6.07) is 5.85. The SMILES string of the molecule is Cc1cn(N=Cc2c(Br)cccc2Br)c(N)n1. The molecule has 0 bridgehead atoms. The van der Waals surface area contributed by atoms with Gasteiger partial charge in [-0.25, -0.2) is 9.66 Å². The van der Waals surface area contributed by atoms with E-state index in [1.807, 2.05) is 25.1 Å². The predicted molar refractivity (Wildman–Crippen MR) is 76.2 cm³/mol. The van der Waals surface area contributed by atoms with Crippen LogP contribution < -0.4 is 5.73 Å². The first-order valence-electron chi connectivity index (χ1n) is 4.88. The summed E-state index contributed by atoms with van der Waals surface area (Å²) in [6.45, 7) is 1.87. The molecule has 17 heavy (non-hydrogen) atoms. The van der Waals surface area contributed by atoms with E-state index in [9.17, 15) is 0 Å². The first kappa shape index (κ1) is 12.3. The quantitative estimate of drug-likeness (QED) is 0.839.